The summed E-state index contributed by atoms with van der Waals surface area (Å²) in [5.74, 6) is 0.790. The van der Waals surface area contributed by atoms with Crippen LogP contribution < -0.4 is 4.90 Å². The zero-order chi connectivity index (χ0) is 22.2. The van der Waals surface area contributed by atoms with Gasteiger partial charge in [0.1, 0.15) is 5.69 Å². The highest BCUT2D eigenvalue weighted by Crippen LogP contribution is 2.36. The fraction of sp³-hybridized carbons (Fsp3) is 0.348. The van der Waals surface area contributed by atoms with E-state index in [0.717, 1.165) is 55.6 Å². The Bertz CT molecular complexity index is 1310. The Kier molecular flexibility index (Phi) is 5.18. The molecule has 0 atom stereocenters. The van der Waals surface area contributed by atoms with Crippen LogP contribution in [0.25, 0.3) is 27.7 Å². The van der Waals surface area contributed by atoms with E-state index in [-0.39, 0.29) is 10.6 Å². The van der Waals surface area contributed by atoms with Crippen LogP contribution in [-0.2, 0) is 6.42 Å². The van der Waals surface area contributed by atoms with Crippen LogP contribution in [0.3, 0.4) is 0 Å². The maximum absolute atomic E-state index is 12.0. The highest BCUT2D eigenvalue weighted by Gasteiger charge is 2.24. The number of rotatable bonds is 5. The molecule has 164 valence electrons. The molecule has 4 aromatic rings. The standard InChI is InChI=1S/C23H25N7O2/c1-3-6-21-24-25-23-18-8-5-4-7-17(18)22(26-29(21)23)16-9-10-19(20(15-16)30(31)32)28-13-11-27(2)12-14-28/h4-5,7-10,15H,3,6,11-14H2,1-2H3. The molecular weight excluding hydrogens is 406 g/mol. The summed E-state index contributed by atoms with van der Waals surface area (Å²) >= 11 is 0. The molecule has 0 unspecified atom stereocenters. The predicted octanol–water partition coefficient (Wildman–Crippen LogP) is 3.56. The van der Waals surface area contributed by atoms with Crippen molar-refractivity contribution < 1.29 is 4.92 Å². The molecule has 0 aliphatic carbocycles. The van der Waals surface area contributed by atoms with Crippen molar-refractivity contribution in [3.63, 3.8) is 0 Å². The van der Waals surface area contributed by atoms with Crippen molar-refractivity contribution in [3.8, 4) is 11.3 Å². The highest BCUT2D eigenvalue weighted by molar-refractivity contribution is 6.01. The zero-order valence-corrected chi connectivity index (χ0v) is 18.2. The maximum Gasteiger partial charge on any atom is 0.293 e. The van der Waals surface area contributed by atoms with Crippen LogP contribution in [0.5, 0.6) is 0 Å². The van der Waals surface area contributed by atoms with E-state index in [2.05, 4.69) is 34.0 Å². The van der Waals surface area contributed by atoms with E-state index in [1.807, 2.05) is 36.4 Å². The number of hydrogen-bond donors (Lipinski definition) is 0. The molecule has 0 radical (unpaired) electrons. The SMILES string of the molecule is CCCc1nnc2c3ccccc3c(-c3ccc(N4CCN(C)CC4)c([N+](=O)[O-])c3)nn12. The Hall–Kier alpha value is -3.59. The third kappa shape index (κ3) is 3.44. The molecule has 0 spiro atoms. The third-order valence-electron chi connectivity index (χ3n) is 6.09. The first-order valence-corrected chi connectivity index (χ1v) is 10.9. The molecule has 0 amide bonds. The van der Waals surface area contributed by atoms with Crippen LogP contribution in [-0.4, -0.2) is 62.9 Å². The maximum atomic E-state index is 12.0. The average molecular weight is 432 g/mol. The normalized spacial score (nSPS) is 15.0. The molecule has 0 saturated carbocycles. The van der Waals surface area contributed by atoms with Gasteiger partial charge in [0.2, 0.25) is 0 Å². The Labute approximate surface area is 185 Å². The molecule has 3 heterocycles. The number of piperazine rings is 1. The second-order valence-electron chi connectivity index (χ2n) is 8.25. The van der Waals surface area contributed by atoms with Crippen molar-refractivity contribution in [2.45, 2.75) is 19.8 Å². The molecule has 1 aliphatic rings. The summed E-state index contributed by atoms with van der Waals surface area (Å²) in [6.07, 6.45) is 1.68. The van der Waals surface area contributed by atoms with Crippen LogP contribution in [0, 0.1) is 10.1 Å². The quantitative estimate of drug-likeness (QED) is 0.352. The first kappa shape index (κ1) is 20.3. The average Bonchev–Trinajstić information content (AvgIpc) is 3.22. The lowest BCUT2D eigenvalue weighted by molar-refractivity contribution is -0.384. The minimum atomic E-state index is -0.293. The van der Waals surface area contributed by atoms with Gasteiger partial charge in [-0.3, -0.25) is 10.1 Å². The lowest BCUT2D eigenvalue weighted by atomic mass is 10.0. The lowest BCUT2D eigenvalue weighted by Gasteiger charge is -2.33. The lowest BCUT2D eigenvalue weighted by Crippen LogP contribution is -2.44. The molecule has 5 rings (SSSR count). The Morgan fingerprint density at radius 2 is 1.78 bits per heavy atom. The molecule has 1 saturated heterocycles. The second kappa shape index (κ2) is 8.16. The van der Waals surface area contributed by atoms with E-state index in [1.165, 1.54) is 0 Å². The van der Waals surface area contributed by atoms with Crippen molar-refractivity contribution in [3.05, 3.63) is 58.4 Å². The summed E-state index contributed by atoms with van der Waals surface area (Å²) in [7, 11) is 2.07. The van der Waals surface area contributed by atoms with Gasteiger partial charge in [-0.2, -0.15) is 9.61 Å². The molecule has 1 aliphatic heterocycles. The van der Waals surface area contributed by atoms with Crippen molar-refractivity contribution in [2.75, 3.05) is 38.1 Å². The summed E-state index contributed by atoms with van der Waals surface area (Å²) in [6.45, 7) is 5.39. The van der Waals surface area contributed by atoms with Crippen molar-refractivity contribution in [1.82, 2.24) is 24.7 Å². The van der Waals surface area contributed by atoms with E-state index in [4.69, 9.17) is 5.10 Å². The van der Waals surface area contributed by atoms with Crippen molar-refractivity contribution >= 4 is 27.8 Å². The van der Waals surface area contributed by atoms with Crippen LogP contribution in [0.15, 0.2) is 42.5 Å². The zero-order valence-electron chi connectivity index (χ0n) is 18.2. The van der Waals surface area contributed by atoms with Gasteiger partial charge in [-0.1, -0.05) is 37.3 Å². The monoisotopic (exact) mass is 431 g/mol. The number of anilines is 1. The summed E-state index contributed by atoms with van der Waals surface area (Å²) in [6, 6.07) is 13.3. The Morgan fingerprint density at radius 3 is 2.50 bits per heavy atom. The number of aromatic nitrogens is 4. The highest BCUT2D eigenvalue weighted by atomic mass is 16.6. The minimum Gasteiger partial charge on any atom is -0.363 e. The molecule has 32 heavy (non-hydrogen) atoms. The first-order valence-electron chi connectivity index (χ1n) is 10.9. The third-order valence-corrected chi connectivity index (χ3v) is 6.09. The molecule has 9 nitrogen and oxygen atoms in total. The molecule has 1 fully saturated rings. The number of benzene rings is 2. The molecule has 0 N–H and O–H groups in total. The summed E-state index contributed by atoms with van der Waals surface area (Å²) in [5.41, 5.74) is 2.88. The van der Waals surface area contributed by atoms with Crippen LogP contribution in [0.1, 0.15) is 19.2 Å². The molecule has 0 bridgehead atoms. The van der Waals surface area contributed by atoms with Crippen LogP contribution in [0.2, 0.25) is 0 Å². The van der Waals surface area contributed by atoms with Gasteiger partial charge in [-0.25, -0.2) is 0 Å². The molecular formula is C23H25N7O2. The van der Waals surface area contributed by atoms with Gasteiger partial charge in [0, 0.05) is 55.0 Å². The van der Waals surface area contributed by atoms with E-state index in [9.17, 15) is 10.1 Å². The van der Waals surface area contributed by atoms with Crippen LogP contribution in [0.4, 0.5) is 11.4 Å². The van der Waals surface area contributed by atoms with Gasteiger partial charge in [-0.05, 0) is 19.5 Å². The Balaban J connectivity index is 1.68. The fourth-order valence-electron chi connectivity index (χ4n) is 4.35. The topological polar surface area (TPSA) is 92.7 Å². The van der Waals surface area contributed by atoms with Gasteiger partial charge in [0.15, 0.2) is 11.5 Å². The number of aryl methyl sites for hydroxylation is 1. The summed E-state index contributed by atoms with van der Waals surface area (Å²) in [4.78, 5) is 16.0. The molecule has 2 aromatic carbocycles. The number of nitro benzene ring substituents is 1. The smallest absolute Gasteiger partial charge is 0.293 e. The van der Waals surface area contributed by atoms with Gasteiger partial charge in [0.05, 0.1) is 10.6 Å². The van der Waals surface area contributed by atoms with Crippen molar-refractivity contribution in [2.24, 2.45) is 0 Å². The summed E-state index contributed by atoms with van der Waals surface area (Å²) < 4.78 is 1.78. The van der Waals surface area contributed by atoms with Gasteiger partial charge in [-0.15, -0.1) is 10.2 Å². The Morgan fingerprint density at radius 1 is 1.03 bits per heavy atom. The predicted molar refractivity (Wildman–Crippen MR) is 124 cm³/mol. The summed E-state index contributed by atoms with van der Waals surface area (Å²) in [5, 5.41) is 27.4. The van der Waals surface area contributed by atoms with Gasteiger partial charge < -0.3 is 9.80 Å². The first-order chi connectivity index (χ1) is 15.6. The number of nitrogens with zero attached hydrogens (tertiary/aromatic N) is 7. The van der Waals surface area contributed by atoms with Crippen LogP contribution >= 0.6 is 0 Å². The number of fused-ring (bicyclic) bond motifs is 3. The largest absolute Gasteiger partial charge is 0.363 e. The van der Waals surface area contributed by atoms with E-state index >= 15 is 0 Å². The molecule has 2 aromatic heterocycles. The van der Waals surface area contributed by atoms with Gasteiger partial charge in [0.25, 0.3) is 5.69 Å². The van der Waals surface area contributed by atoms with E-state index in [0.29, 0.717) is 22.6 Å². The number of hydrogen-bond acceptors (Lipinski definition) is 7. The van der Waals surface area contributed by atoms with E-state index in [1.54, 1.807) is 10.6 Å². The number of nitro groups is 1. The van der Waals surface area contributed by atoms with Gasteiger partial charge >= 0.3 is 0 Å². The number of likely N-dealkylation sites (N-methyl/N-ethyl adjacent to an activating group) is 1. The fourth-order valence-corrected chi connectivity index (χ4v) is 4.35. The second-order valence-corrected chi connectivity index (χ2v) is 8.25. The van der Waals surface area contributed by atoms with E-state index < -0.39 is 0 Å². The molecule has 9 heteroatoms. The minimum absolute atomic E-state index is 0.107. The van der Waals surface area contributed by atoms with Crippen molar-refractivity contribution in [1.29, 1.82) is 0 Å².